The van der Waals surface area contributed by atoms with Crippen LogP contribution in [0.5, 0.6) is 5.75 Å². The summed E-state index contributed by atoms with van der Waals surface area (Å²) in [6, 6.07) is 11.4. The van der Waals surface area contributed by atoms with E-state index in [9.17, 15) is 9.90 Å². The van der Waals surface area contributed by atoms with E-state index in [1.165, 1.54) is 4.80 Å². The molecular weight excluding hydrogens is 414 g/mol. The quantitative estimate of drug-likeness (QED) is 0.448. The van der Waals surface area contributed by atoms with Crippen molar-refractivity contribution in [2.75, 3.05) is 6.61 Å². The predicted octanol–water partition coefficient (Wildman–Crippen LogP) is 5.97. The maximum atomic E-state index is 12.4. The molecule has 1 atom stereocenters. The molecule has 0 saturated carbocycles. The van der Waals surface area contributed by atoms with Gasteiger partial charge in [0.25, 0.3) is 0 Å². The Morgan fingerprint density at radius 3 is 2.21 bits per heavy atom. The number of nitrogens with zero attached hydrogens (tertiary/aromatic N) is 3. The Labute approximate surface area is 197 Å². The van der Waals surface area contributed by atoms with Gasteiger partial charge in [0.05, 0.1) is 6.61 Å². The van der Waals surface area contributed by atoms with Crippen molar-refractivity contribution >= 4 is 17.0 Å². The standard InChI is InChI=1S/C27H37N3O3/c1-18(16-26(2,3)4)17-33-24(31)13-12-19-14-20(27(5,6)7)25(32)23(15-19)30-28-21-10-8-9-11-22(21)29-30/h8-11,14-15,18,32H,12-13,16-17H2,1-7H3. The molecule has 0 saturated heterocycles. The third kappa shape index (κ3) is 6.56. The fraction of sp³-hybridized carbons (Fsp3) is 0.519. The van der Waals surface area contributed by atoms with Gasteiger partial charge in [0.1, 0.15) is 22.5 Å². The third-order valence-corrected chi connectivity index (χ3v) is 5.57. The first-order valence-corrected chi connectivity index (χ1v) is 11.7. The van der Waals surface area contributed by atoms with Crippen molar-refractivity contribution in [2.45, 2.75) is 73.1 Å². The Bertz CT molecular complexity index is 1090. The van der Waals surface area contributed by atoms with Gasteiger partial charge in [0.2, 0.25) is 0 Å². The average Bonchev–Trinajstić information content (AvgIpc) is 3.13. The van der Waals surface area contributed by atoms with Crippen molar-refractivity contribution in [3.63, 3.8) is 0 Å². The first kappa shape index (κ1) is 24.7. The van der Waals surface area contributed by atoms with E-state index in [1.54, 1.807) is 0 Å². The van der Waals surface area contributed by atoms with Gasteiger partial charge in [-0.3, -0.25) is 4.79 Å². The summed E-state index contributed by atoms with van der Waals surface area (Å²) in [6.07, 6.45) is 1.80. The molecule has 1 heterocycles. The van der Waals surface area contributed by atoms with Gasteiger partial charge in [0.15, 0.2) is 0 Å². The summed E-state index contributed by atoms with van der Waals surface area (Å²) < 4.78 is 5.53. The van der Waals surface area contributed by atoms with Crippen LogP contribution in [0.25, 0.3) is 16.7 Å². The topological polar surface area (TPSA) is 77.2 Å². The van der Waals surface area contributed by atoms with Gasteiger partial charge in [-0.1, -0.05) is 66.7 Å². The molecular formula is C27H37N3O3. The van der Waals surface area contributed by atoms with Crippen molar-refractivity contribution in [1.82, 2.24) is 15.0 Å². The lowest BCUT2D eigenvalue weighted by molar-refractivity contribution is -0.145. The molecule has 0 aliphatic rings. The van der Waals surface area contributed by atoms with Crippen molar-refractivity contribution in [3.05, 3.63) is 47.5 Å². The fourth-order valence-electron chi connectivity index (χ4n) is 4.17. The molecule has 6 heteroatoms. The molecule has 0 aliphatic heterocycles. The fourth-order valence-corrected chi connectivity index (χ4v) is 4.17. The molecule has 0 aliphatic carbocycles. The molecule has 0 bridgehead atoms. The summed E-state index contributed by atoms with van der Waals surface area (Å²) in [5.41, 5.74) is 3.69. The largest absolute Gasteiger partial charge is 0.505 e. The van der Waals surface area contributed by atoms with Crippen LogP contribution in [-0.4, -0.2) is 32.7 Å². The van der Waals surface area contributed by atoms with Crippen LogP contribution in [0.4, 0.5) is 0 Å². The zero-order valence-corrected chi connectivity index (χ0v) is 21.0. The first-order valence-electron chi connectivity index (χ1n) is 11.7. The molecule has 1 N–H and O–H groups in total. The number of hydrogen-bond donors (Lipinski definition) is 1. The Hall–Kier alpha value is -2.89. The van der Waals surface area contributed by atoms with Crippen molar-refractivity contribution in [3.8, 4) is 11.4 Å². The molecule has 6 nitrogen and oxygen atoms in total. The second-order valence-corrected chi connectivity index (χ2v) is 11.3. The summed E-state index contributed by atoms with van der Waals surface area (Å²) in [4.78, 5) is 13.9. The van der Waals surface area contributed by atoms with Gasteiger partial charge in [0, 0.05) is 12.0 Å². The van der Waals surface area contributed by atoms with Crippen LogP contribution < -0.4 is 0 Å². The van der Waals surface area contributed by atoms with Crippen LogP contribution in [0.2, 0.25) is 0 Å². The number of ether oxygens (including phenoxy) is 1. The molecule has 1 unspecified atom stereocenters. The zero-order chi connectivity index (χ0) is 24.4. The highest BCUT2D eigenvalue weighted by Crippen LogP contribution is 2.36. The van der Waals surface area contributed by atoms with Crippen LogP contribution in [0.3, 0.4) is 0 Å². The van der Waals surface area contributed by atoms with Gasteiger partial charge in [-0.25, -0.2) is 0 Å². The van der Waals surface area contributed by atoms with E-state index in [0.29, 0.717) is 24.6 Å². The molecule has 3 aromatic rings. The van der Waals surface area contributed by atoms with Gasteiger partial charge < -0.3 is 9.84 Å². The number of aromatic nitrogens is 3. The predicted molar refractivity (Wildman–Crippen MR) is 132 cm³/mol. The van der Waals surface area contributed by atoms with Gasteiger partial charge >= 0.3 is 5.97 Å². The van der Waals surface area contributed by atoms with Crippen molar-refractivity contribution in [1.29, 1.82) is 0 Å². The molecule has 178 valence electrons. The Morgan fingerprint density at radius 2 is 1.67 bits per heavy atom. The normalized spacial score (nSPS) is 13.3. The number of hydrogen-bond acceptors (Lipinski definition) is 5. The molecule has 1 aromatic heterocycles. The number of benzene rings is 2. The van der Waals surface area contributed by atoms with Crippen LogP contribution in [0.1, 0.15) is 72.4 Å². The van der Waals surface area contributed by atoms with Crippen molar-refractivity contribution in [2.24, 2.45) is 11.3 Å². The van der Waals surface area contributed by atoms with Crippen molar-refractivity contribution < 1.29 is 14.6 Å². The number of fused-ring (bicyclic) bond motifs is 1. The van der Waals surface area contributed by atoms with Gasteiger partial charge in [-0.15, -0.1) is 15.0 Å². The highest BCUT2D eigenvalue weighted by molar-refractivity contribution is 5.74. The molecule has 33 heavy (non-hydrogen) atoms. The summed E-state index contributed by atoms with van der Waals surface area (Å²) in [5, 5.41) is 20.1. The van der Waals surface area contributed by atoms with Crippen LogP contribution in [-0.2, 0) is 21.4 Å². The van der Waals surface area contributed by atoms with Crippen LogP contribution in [0.15, 0.2) is 36.4 Å². The van der Waals surface area contributed by atoms with E-state index in [1.807, 2.05) is 57.2 Å². The number of esters is 1. The minimum Gasteiger partial charge on any atom is -0.505 e. The molecule has 0 spiro atoms. The number of phenols is 1. The molecule has 3 rings (SSSR count). The Kier molecular flexibility index (Phi) is 7.15. The highest BCUT2D eigenvalue weighted by Gasteiger charge is 2.24. The average molecular weight is 452 g/mol. The maximum absolute atomic E-state index is 12.4. The summed E-state index contributed by atoms with van der Waals surface area (Å²) >= 11 is 0. The smallest absolute Gasteiger partial charge is 0.306 e. The summed E-state index contributed by atoms with van der Waals surface area (Å²) in [5.74, 6) is 0.275. The molecule has 0 radical (unpaired) electrons. The monoisotopic (exact) mass is 451 g/mol. The van der Waals surface area contributed by atoms with Crippen LogP contribution in [0, 0.1) is 11.3 Å². The second-order valence-electron chi connectivity index (χ2n) is 11.3. The lowest BCUT2D eigenvalue weighted by Crippen LogP contribution is -2.18. The maximum Gasteiger partial charge on any atom is 0.306 e. The van der Waals surface area contributed by atoms with E-state index in [0.717, 1.165) is 28.6 Å². The number of phenolic OH excluding ortho intramolecular Hbond substituents is 1. The first-order chi connectivity index (χ1) is 15.3. The van der Waals surface area contributed by atoms with E-state index >= 15 is 0 Å². The number of aromatic hydroxyl groups is 1. The minimum absolute atomic E-state index is 0.158. The number of aryl methyl sites for hydroxylation is 1. The molecule has 2 aromatic carbocycles. The number of carbonyl (C=O) groups excluding carboxylic acids is 1. The zero-order valence-electron chi connectivity index (χ0n) is 21.0. The number of rotatable bonds is 7. The van der Waals surface area contributed by atoms with E-state index < -0.39 is 0 Å². The van der Waals surface area contributed by atoms with E-state index in [4.69, 9.17) is 4.74 Å². The van der Waals surface area contributed by atoms with E-state index in [-0.39, 0.29) is 29.0 Å². The Balaban J connectivity index is 1.79. The lowest BCUT2D eigenvalue weighted by Gasteiger charge is -2.23. The molecule has 0 fully saturated rings. The molecule has 0 amide bonds. The second kappa shape index (κ2) is 9.54. The third-order valence-electron chi connectivity index (χ3n) is 5.57. The highest BCUT2D eigenvalue weighted by atomic mass is 16.5. The number of carbonyl (C=O) groups is 1. The summed E-state index contributed by atoms with van der Waals surface area (Å²) in [6.45, 7) is 15.3. The Morgan fingerprint density at radius 1 is 1.06 bits per heavy atom. The van der Waals surface area contributed by atoms with Crippen LogP contribution >= 0.6 is 0 Å². The lowest BCUT2D eigenvalue weighted by atomic mass is 9.84. The summed E-state index contributed by atoms with van der Waals surface area (Å²) in [7, 11) is 0. The van der Waals surface area contributed by atoms with E-state index in [2.05, 4.69) is 37.9 Å². The van der Waals surface area contributed by atoms with Gasteiger partial charge in [-0.05, 0) is 53.4 Å². The minimum atomic E-state index is -0.287. The van der Waals surface area contributed by atoms with Gasteiger partial charge in [-0.2, -0.15) is 0 Å². The SMILES string of the molecule is CC(COC(=O)CCc1cc(-n2nc3ccccc3n2)c(O)c(C(C)(C)C)c1)CC(C)(C)C.